The first kappa shape index (κ1) is 17.5. The number of nitrogens with one attached hydrogen (secondary N) is 1. The Morgan fingerprint density at radius 2 is 2.04 bits per heavy atom. The summed E-state index contributed by atoms with van der Waals surface area (Å²) in [6, 6.07) is 11.0. The minimum Gasteiger partial charge on any atom is -0.508 e. The molecule has 7 nitrogen and oxygen atoms in total. The predicted molar refractivity (Wildman–Crippen MR) is 95.6 cm³/mol. The van der Waals surface area contributed by atoms with Gasteiger partial charge < -0.3 is 15.2 Å². The quantitative estimate of drug-likeness (QED) is 0.804. The van der Waals surface area contributed by atoms with E-state index < -0.39 is 5.91 Å². The summed E-state index contributed by atoms with van der Waals surface area (Å²) in [7, 11) is 0. The number of Topliss-reactive ketones (excluding diaryl/α,β-unsaturated/α-hetero) is 1. The van der Waals surface area contributed by atoms with Gasteiger partial charge in [0.2, 0.25) is 5.91 Å². The van der Waals surface area contributed by atoms with E-state index in [0.29, 0.717) is 29.1 Å². The minimum atomic E-state index is -0.427. The van der Waals surface area contributed by atoms with Gasteiger partial charge in [0.1, 0.15) is 18.0 Å². The van der Waals surface area contributed by atoms with Crippen molar-refractivity contribution in [2.45, 2.75) is 13.3 Å². The molecule has 2 aromatic rings. The molecular weight excluding hydrogens is 336 g/mol. The van der Waals surface area contributed by atoms with Gasteiger partial charge >= 0.3 is 0 Å². The SMILES string of the molecule is CCC(=O)c1ccc2c(c1)N(CC(=O)Nc1cccc(O)c1)C(=O)CO2. The number of hydrogen-bond acceptors (Lipinski definition) is 5. The van der Waals surface area contributed by atoms with Crippen molar-refractivity contribution >= 4 is 29.0 Å². The van der Waals surface area contributed by atoms with Crippen LogP contribution in [0, 0.1) is 0 Å². The number of ketones is 1. The number of carbonyl (C=O) groups is 3. The van der Waals surface area contributed by atoms with Gasteiger partial charge in [-0.25, -0.2) is 0 Å². The Labute approximate surface area is 150 Å². The maximum Gasteiger partial charge on any atom is 0.265 e. The van der Waals surface area contributed by atoms with Crippen molar-refractivity contribution in [1.82, 2.24) is 0 Å². The summed E-state index contributed by atoms with van der Waals surface area (Å²) in [5.74, 6) is -0.385. The summed E-state index contributed by atoms with van der Waals surface area (Å²) in [4.78, 5) is 37.8. The van der Waals surface area contributed by atoms with Crippen LogP contribution in [0.3, 0.4) is 0 Å². The van der Waals surface area contributed by atoms with Crippen LogP contribution in [0.1, 0.15) is 23.7 Å². The molecule has 0 aromatic heterocycles. The van der Waals surface area contributed by atoms with Gasteiger partial charge in [0.25, 0.3) is 5.91 Å². The number of nitrogens with zero attached hydrogens (tertiary/aromatic N) is 1. The summed E-state index contributed by atoms with van der Waals surface area (Å²) in [6.07, 6.45) is 0.339. The van der Waals surface area contributed by atoms with E-state index in [0.717, 1.165) is 0 Å². The van der Waals surface area contributed by atoms with E-state index in [9.17, 15) is 19.5 Å². The molecular formula is C19H18N2O5. The summed E-state index contributed by atoms with van der Waals surface area (Å²) >= 11 is 0. The number of carbonyl (C=O) groups excluding carboxylic acids is 3. The number of benzene rings is 2. The lowest BCUT2D eigenvalue weighted by molar-refractivity contribution is -0.123. The average Bonchev–Trinajstić information content (AvgIpc) is 2.63. The minimum absolute atomic E-state index is 0.0262. The summed E-state index contributed by atoms with van der Waals surface area (Å²) in [5, 5.41) is 12.1. The zero-order valence-electron chi connectivity index (χ0n) is 14.2. The van der Waals surface area contributed by atoms with Crippen molar-refractivity contribution in [3.8, 4) is 11.5 Å². The van der Waals surface area contributed by atoms with Gasteiger partial charge in [-0.1, -0.05) is 13.0 Å². The first-order valence-electron chi connectivity index (χ1n) is 8.17. The highest BCUT2D eigenvalue weighted by atomic mass is 16.5. The molecule has 1 aliphatic heterocycles. The molecule has 0 fully saturated rings. The fraction of sp³-hybridized carbons (Fsp3) is 0.211. The number of rotatable bonds is 5. The van der Waals surface area contributed by atoms with Gasteiger partial charge in [0, 0.05) is 23.7 Å². The number of aromatic hydroxyl groups is 1. The molecule has 0 atom stereocenters. The molecule has 0 aliphatic carbocycles. The van der Waals surface area contributed by atoms with E-state index in [1.54, 1.807) is 37.3 Å². The van der Waals surface area contributed by atoms with Crippen molar-refractivity contribution in [1.29, 1.82) is 0 Å². The highest BCUT2D eigenvalue weighted by Gasteiger charge is 2.28. The largest absolute Gasteiger partial charge is 0.508 e. The third-order valence-corrected chi connectivity index (χ3v) is 3.98. The molecule has 2 aromatic carbocycles. The number of ether oxygens (including phenoxy) is 1. The van der Waals surface area contributed by atoms with Crippen LogP contribution < -0.4 is 15.0 Å². The van der Waals surface area contributed by atoms with E-state index in [-0.39, 0.29) is 30.6 Å². The average molecular weight is 354 g/mol. The Balaban J connectivity index is 1.82. The highest BCUT2D eigenvalue weighted by molar-refractivity contribution is 6.06. The smallest absolute Gasteiger partial charge is 0.265 e. The molecule has 0 bridgehead atoms. The summed E-state index contributed by atoms with van der Waals surface area (Å²) in [6.45, 7) is 1.35. The van der Waals surface area contributed by atoms with Gasteiger partial charge in [-0.3, -0.25) is 19.3 Å². The second-order valence-electron chi connectivity index (χ2n) is 5.83. The third kappa shape index (κ3) is 3.66. The number of phenolic OH excluding ortho intramolecular Hbond substituents is 1. The molecule has 0 unspecified atom stereocenters. The molecule has 2 N–H and O–H groups in total. The van der Waals surface area contributed by atoms with E-state index in [1.807, 2.05) is 0 Å². The lowest BCUT2D eigenvalue weighted by atomic mass is 10.1. The summed E-state index contributed by atoms with van der Waals surface area (Å²) < 4.78 is 5.38. The van der Waals surface area contributed by atoms with E-state index >= 15 is 0 Å². The van der Waals surface area contributed by atoms with Crippen molar-refractivity contribution < 1.29 is 24.2 Å². The van der Waals surface area contributed by atoms with Crippen LogP contribution in [0.25, 0.3) is 0 Å². The van der Waals surface area contributed by atoms with Gasteiger partial charge in [0.05, 0.1) is 5.69 Å². The van der Waals surface area contributed by atoms with E-state index in [1.165, 1.54) is 17.0 Å². The molecule has 2 amide bonds. The van der Waals surface area contributed by atoms with Gasteiger partial charge in [-0.05, 0) is 30.3 Å². The Bertz CT molecular complexity index is 878. The van der Waals surface area contributed by atoms with Gasteiger partial charge in [0.15, 0.2) is 12.4 Å². The van der Waals surface area contributed by atoms with Gasteiger partial charge in [-0.15, -0.1) is 0 Å². The predicted octanol–water partition coefficient (Wildman–Crippen LogP) is 2.35. The second kappa shape index (κ2) is 7.26. The van der Waals surface area contributed by atoms with E-state index in [2.05, 4.69) is 5.32 Å². The molecule has 3 rings (SSSR count). The fourth-order valence-electron chi connectivity index (χ4n) is 2.68. The Morgan fingerprint density at radius 3 is 2.77 bits per heavy atom. The van der Waals surface area contributed by atoms with Gasteiger partial charge in [-0.2, -0.15) is 0 Å². The molecule has 26 heavy (non-hydrogen) atoms. The van der Waals surface area contributed by atoms with Crippen molar-refractivity contribution in [2.24, 2.45) is 0 Å². The molecule has 1 heterocycles. The number of hydrogen-bond donors (Lipinski definition) is 2. The normalized spacial score (nSPS) is 13.0. The number of amides is 2. The number of anilines is 2. The van der Waals surface area contributed by atoms with Crippen LogP contribution in [0.2, 0.25) is 0 Å². The lowest BCUT2D eigenvalue weighted by Gasteiger charge is -2.29. The molecule has 1 aliphatic rings. The molecule has 134 valence electrons. The first-order valence-corrected chi connectivity index (χ1v) is 8.17. The maximum atomic E-state index is 12.3. The van der Waals surface area contributed by atoms with Crippen LogP contribution in [-0.4, -0.2) is 35.9 Å². The third-order valence-electron chi connectivity index (χ3n) is 3.98. The first-order chi connectivity index (χ1) is 12.5. The topological polar surface area (TPSA) is 95.9 Å². The van der Waals surface area contributed by atoms with Crippen molar-refractivity contribution in [2.75, 3.05) is 23.4 Å². The zero-order chi connectivity index (χ0) is 18.7. The molecule has 0 radical (unpaired) electrons. The van der Waals surface area contributed by atoms with Crippen LogP contribution >= 0.6 is 0 Å². The van der Waals surface area contributed by atoms with Crippen molar-refractivity contribution in [3.63, 3.8) is 0 Å². The zero-order valence-corrected chi connectivity index (χ0v) is 14.2. The second-order valence-corrected chi connectivity index (χ2v) is 5.83. The standard InChI is InChI=1S/C19H18N2O5/c1-2-16(23)12-6-7-17-15(8-12)21(19(25)11-26-17)10-18(24)20-13-4-3-5-14(22)9-13/h3-9,22H,2,10-11H2,1H3,(H,20,24). The number of fused-ring (bicyclic) bond motifs is 1. The van der Waals surface area contributed by atoms with Crippen LogP contribution in [0.15, 0.2) is 42.5 Å². The fourth-order valence-corrected chi connectivity index (χ4v) is 2.68. The van der Waals surface area contributed by atoms with Crippen LogP contribution in [0.4, 0.5) is 11.4 Å². The highest BCUT2D eigenvalue weighted by Crippen LogP contribution is 2.33. The van der Waals surface area contributed by atoms with Crippen molar-refractivity contribution in [3.05, 3.63) is 48.0 Å². The molecule has 7 heteroatoms. The maximum absolute atomic E-state index is 12.3. The van der Waals surface area contributed by atoms with Crippen LogP contribution in [-0.2, 0) is 9.59 Å². The summed E-state index contributed by atoms with van der Waals surface area (Å²) in [5.41, 5.74) is 1.28. The van der Waals surface area contributed by atoms with E-state index in [4.69, 9.17) is 4.74 Å². The lowest BCUT2D eigenvalue weighted by Crippen LogP contribution is -2.43. The Hall–Kier alpha value is -3.35. The molecule has 0 spiro atoms. The Morgan fingerprint density at radius 1 is 1.23 bits per heavy atom. The Kier molecular flexibility index (Phi) is 4.88. The number of phenols is 1. The monoisotopic (exact) mass is 354 g/mol. The molecule has 0 saturated carbocycles. The molecule has 0 saturated heterocycles. The van der Waals surface area contributed by atoms with Crippen LogP contribution in [0.5, 0.6) is 11.5 Å².